The van der Waals surface area contributed by atoms with E-state index in [0.29, 0.717) is 20.0 Å². The molecular formula is C30H24BBr2I2NO6. The van der Waals surface area contributed by atoms with Crippen molar-refractivity contribution < 1.29 is 23.8 Å². The lowest BCUT2D eigenvalue weighted by molar-refractivity contribution is -0.385. The van der Waals surface area contributed by atoms with Crippen LogP contribution in [0.1, 0.15) is 5.56 Å². The Bertz CT molecular complexity index is 1790. The van der Waals surface area contributed by atoms with E-state index in [2.05, 4.69) is 91.7 Å². The normalized spacial score (nSPS) is 10.1. The highest BCUT2D eigenvalue weighted by Gasteiger charge is 2.18. The number of nitrogens with zero attached hydrogens (tertiary/aromatic N) is 1. The minimum atomic E-state index is -1.49. The van der Waals surface area contributed by atoms with Crippen molar-refractivity contribution >= 4 is 117 Å². The molecule has 0 amide bonds. The summed E-state index contributed by atoms with van der Waals surface area (Å²) in [6.45, 7) is 2.12. The van der Waals surface area contributed by atoms with Crippen molar-refractivity contribution in [3.8, 4) is 11.1 Å². The van der Waals surface area contributed by atoms with Gasteiger partial charge < -0.3 is 18.9 Å². The molecule has 0 aliphatic heterocycles. The fraction of sp³-hybridized carbons (Fsp3) is 0.0667. The number of aryl methyl sites for hydroxylation is 1. The Morgan fingerprint density at radius 2 is 1.31 bits per heavy atom. The maximum Gasteiger partial charge on any atom is 0.492 e. The van der Waals surface area contributed by atoms with E-state index in [9.17, 15) is 10.1 Å². The molecule has 12 heteroatoms. The van der Waals surface area contributed by atoms with E-state index >= 15 is 0 Å². The lowest BCUT2D eigenvalue weighted by Gasteiger charge is -2.02. The average Bonchev–Trinajstić information content (AvgIpc) is 3.62. The third kappa shape index (κ3) is 8.44. The molecule has 2 heterocycles. The number of alkyl halides is 1. The van der Waals surface area contributed by atoms with E-state index in [1.165, 1.54) is 23.5 Å². The van der Waals surface area contributed by atoms with Crippen molar-refractivity contribution in [3.05, 3.63) is 126 Å². The van der Waals surface area contributed by atoms with Crippen molar-refractivity contribution in [2.24, 2.45) is 0 Å². The van der Waals surface area contributed by atoms with Crippen LogP contribution in [0.4, 0.5) is 5.69 Å². The zero-order valence-corrected chi connectivity index (χ0v) is 29.8. The van der Waals surface area contributed by atoms with Crippen molar-refractivity contribution in [3.63, 3.8) is 0 Å². The standard InChI is InChI=1S/C15H11BrO.C8H6BBrO3.C6H4INO2.CH3I/c1-10-5-2-3-6-11(10)13-9-17-15-12(13)7-4-8-14(15)16;10-7-3-1-2-5-6(9(11)12)4-13-8(5)7;7-5-3-1-2-4-6(5)8(9)10;1-2/h2-9H,1H3;1-4,11-12H;1-4H;1H3. The molecule has 2 aromatic heterocycles. The van der Waals surface area contributed by atoms with Crippen LogP contribution in [0.2, 0.25) is 0 Å². The first-order chi connectivity index (χ1) is 20.2. The fourth-order valence-corrected chi connectivity index (χ4v) is 5.45. The van der Waals surface area contributed by atoms with Crippen LogP contribution < -0.4 is 5.46 Å². The summed E-state index contributed by atoms with van der Waals surface area (Å²) < 4.78 is 13.3. The van der Waals surface area contributed by atoms with Gasteiger partial charge in [0.1, 0.15) is 11.2 Å². The summed E-state index contributed by atoms with van der Waals surface area (Å²) in [5.41, 5.74) is 5.73. The zero-order chi connectivity index (χ0) is 30.8. The Hall–Kier alpha value is -2.24. The Morgan fingerprint density at radius 1 is 0.762 bits per heavy atom. The number of nitro groups is 1. The van der Waals surface area contributed by atoms with Gasteiger partial charge in [0.15, 0.2) is 0 Å². The molecule has 6 aromatic rings. The molecular weight excluding hydrogens is 895 g/mol. The minimum absolute atomic E-state index is 0.170. The van der Waals surface area contributed by atoms with Gasteiger partial charge in [0.05, 0.1) is 30.0 Å². The maximum absolute atomic E-state index is 10.2. The zero-order valence-electron chi connectivity index (χ0n) is 22.3. The molecule has 0 spiro atoms. The van der Waals surface area contributed by atoms with Gasteiger partial charge in [-0.2, -0.15) is 0 Å². The highest BCUT2D eigenvalue weighted by molar-refractivity contribution is 14.1. The Labute approximate surface area is 287 Å². The second kappa shape index (κ2) is 16.6. The van der Waals surface area contributed by atoms with Gasteiger partial charge in [0.25, 0.3) is 5.69 Å². The van der Waals surface area contributed by atoms with Crippen molar-refractivity contribution in [1.29, 1.82) is 0 Å². The van der Waals surface area contributed by atoms with Crippen LogP contribution in [0, 0.1) is 20.6 Å². The molecule has 0 aliphatic rings. The summed E-state index contributed by atoms with van der Waals surface area (Å²) in [6, 6.07) is 26.5. The van der Waals surface area contributed by atoms with E-state index in [-0.39, 0.29) is 10.6 Å². The monoisotopic (exact) mass is 917 g/mol. The number of halogens is 4. The van der Waals surface area contributed by atoms with Crippen molar-refractivity contribution in [1.82, 2.24) is 0 Å². The molecule has 4 aromatic carbocycles. The number of nitro benzene ring substituents is 1. The van der Waals surface area contributed by atoms with Crippen LogP contribution in [-0.4, -0.2) is 27.0 Å². The van der Waals surface area contributed by atoms with Crippen LogP contribution in [0.25, 0.3) is 33.1 Å². The smallest absolute Gasteiger partial charge is 0.464 e. The second-order valence-corrected chi connectivity index (χ2v) is 11.3. The van der Waals surface area contributed by atoms with Crippen LogP contribution in [0.5, 0.6) is 0 Å². The number of hydrogen-bond donors (Lipinski definition) is 2. The quantitative estimate of drug-likeness (QED) is 0.0603. The summed E-state index contributed by atoms with van der Waals surface area (Å²) in [5.74, 6) is 0. The lowest BCUT2D eigenvalue weighted by atomic mass is 9.80. The molecule has 0 saturated heterocycles. The summed E-state index contributed by atoms with van der Waals surface area (Å²) in [4.78, 5) is 11.8. The fourth-order valence-electron chi connectivity index (χ4n) is 3.95. The molecule has 0 fully saturated rings. The lowest BCUT2D eigenvalue weighted by Crippen LogP contribution is -2.28. The number of rotatable bonds is 3. The van der Waals surface area contributed by atoms with Gasteiger partial charge in [0.2, 0.25) is 0 Å². The van der Waals surface area contributed by atoms with E-state index in [4.69, 9.17) is 18.9 Å². The molecule has 6 rings (SSSR count). The third-order valence-corrected chi connectivity index (χ3v) is 8.06. The van der Waals surface area contributed by atoms with E-state index < -0.39 is 7.12 Å². The maximum atomic E-state index is 10.2. The van der Waals surface area contributed by atoms with Crippen LogP contribution in [0.3, 0.4) is 0 Å². The Kier molecular flexibility index (Phi) is 13.5. The summed E-state index contributed by atoms with van der Waals surface area (Å²) in [7, 11) is -1.49. The van der Waals surface area contributed by atoms with Crippen molar-refractivity contribution in [2.45, 2.75) is 6.92 Å². The first-order valence-electron chi connectivity index (χ1n) is 12.2. The number of benzene rings is 4. The van der Waals surface area contributed by atoms with Crippen LogP contribution in [0.15, 0.2) is 115 Å². The van der Waals surface area contributed by atoms with Gasteiger partial charge in [-0.3, -0.25) is 10.1 Å². The molecule has 0 aliphatic carbocycles. The highest BCUT2D eigenvalue weighted by Crippen LogP contribution is 2.35. The third-order valence-electron chi connectivity index (χ3n) is 5.90. The number of para-hydroxylation sites is 3. The van der Waals surface area contributed by atoms with Gasteiger partial charge in [0, 0.05) is 27.9 Å². The predicted molar refractivity (Wildman–Crippen MR) is 194 cm³/mol. The molecule has 0 atom stereocenters. The van der Waals surface area contributed by atoms with Gasteiger partial charge in [-0.15, -0.1) is 0 Å². The first-order valence-corrected chi connectivity index (χ1v) is 17.0. The Morgan fingerprint density at radius 3 is 1.88 bits per heavy atom. The minimum Gasteiger partial charge on any atom is -0.464 e. The van der Waals surface area contributed by atoms with Crippen LogP contribution in [-0.2, 0) is 0 Å². The highest BCUT2D eigenvalue weighted by atomic mass is 127. The van der Waals surface area contributed by atoms with E-state index in [1.54, 1.807) is 24.3 Å². The van der Waals surface area contributed by atoms with Gasteiger partial charge >= 0.3 is 7.12 Å². The SMILES string of the molecule is CI.Cc1ccccc1-c1coc2c(Br)cccc12.O=[N+]([O-])c1ccccc1I.OB(O)c1coc2c(Br)cccc12. The average molecular weight is 919 g/mol. The van der Waals surface area contributed by atoms with Gasteiger partial charge in [-0.05, 0) is 95.6 Å². The molecule has 0 bridgehead atoms. The molecule has 216 valence electrons. The van der Waals surface area contributed by atoms with Crippen LogP contribution >= 0.6 is 77.0 Å². The molecule has 0 saturated carbocycles. The molecule has 7 nitrogen and oxygen atoms in total. The molecule has 2 N–H and O–H groups in total. The predicted octanol–water partition coefficient (Wildman–Crippen LogP) is 9.30. The second-order valence-electron chi connectivity index (χ2n) is 8.47. The summed E-state index contributed by atoms with van der Waals surface area (Å²) in [5, 5.41) is 30.0. The number of furan rings is 2. The summed E-state index contributed by atoms with van der Waals surface area (Å²) >= 11 is 10.9. The van der Waals surface area contributed by atoms with Gasteiger partial charge in [-0.1, -0.05) is 83.3 Å². The van der Waals surface area contributed by atoms with Gasteiger partial charge in [-0.25, -0.2) is 0 Å². The van der Waals surface area contributed by atoms with E-state index in [0.717, 1.165) is 25.5 Å². The Balaban J connectivity index is 0.000000174. The topological polar surface area (TPSA) is 110 Å². The largest absolute Gasteiger partial charge is 0.492 e. The first kappa shape index (κ1) is 34.3. The van der Waals surface area contributed by atoms with E-state index in [1.807, 2.05) is 58.0 Å². The number of hydrogen-bond acceptors (Lipinski definition) is 6. The van der Waals surface area contributed by atoms with Crippen molar-refractivity contribution in [2.75, 3.05) is 4.93 Å². The number of fused-ring (bicyclic) bond motifs is 2. The molecule has 0 unspecified atom stereocenters. The summed E-state index contributed by atoms with van der Waals surface area (Å²) in [6.07, 6.45) is 3.18. The molecule has 42 heavy (non-hydrogen) atoms. The molecule has 0 radical (unpaired) electrons.